The largest absolute Gasteiger partial charge is 0.465 e. The van der Waals surface area contributed by atoms with Gasteiger partial charge in [0.1, 0.15) is 0 Å². The van der Waals surface area contributed by atoms with Crippen LogP contribution in [0.5, 0.6) is 0 Å². The number of anilines is 1. The van der Waals surface area contributed by atoms with Crippen molar-refractivity contribution >= 4 is 23.5 Å². The lowest BCUT2D eigenvalue weighted by atomic mass is 9.95. The maximum absolute atomic E-state index is 12.4. The highest BCUT2D eigenvalue weighted by molar-refractivity contribution is 6.05. The van der Waals surface area contributed by atoms with E-state index < -0.39 is 5.97 Å². The maximum Gasteiger partial charge on any atom is 0.337 e. The van der Waals surface area contributed by atoms with Crippen molar-refractivity contribution in [2.24, 2.45) is 0 Å². The molecule has 2 amide bonds. The molecule has 0 atom stereocenters. The van der Waals surface area contributed by atoms with Crippen LogP contribution in [0.1, 0.15) is 63.2 Å². The van der Waals surface area contributed by atoms with Crippen LogP contribution in [0.15, 0.2) is 48.5 Å². The normalized spacial score (nSPS) is 14.2. The fourth-order valence-electron chi connectivity index (χ4n) is 3.30. The SMILES string of the molecule is COC(=O)c1ccc(NC(=O)c2ccc(C(=O)NC3CCCCC3)cc2)cc1. The van der Waals surface area contributed by atoms with Crippen LogP contribution in [0.2, 0.25) is 0 Å². The quantitative estimate of drug-likeness (QED) is 0.773. The number of hydrogen-bond acceptors (Lipinski definition) is 4. The van der Waals surface area contributed by atoms with Gasteiger partial charge in [-0.3, -0.25) is 9.59 Å². The molecule has 6 nitrogen and oxygen atoms in total. The summed E-state index contributed by atoms with van der Waals surface area (Å²) < 4.78 is 4.65. The van der Waals surface area contributed by atoms with Crippen molar-refractivity contribution < 1.29 is 19.1 Å². The monoisotopic (exact) mass is 380 g/mol. The number of hydrogen-bond donors (Lipinski definition) is 2. The van der Waals surface area contributed by atoms with Crippen LogP contribution < -0.4 is 10.6 Å². The van der Waals surface area contributed by atoms with Gasteiger partial charge in [0.25, 0.3) is 11.8 Å². The molecule has 0 unspecified atom stereocenters. The topological polar surface area (TPSA) is 84.5 Å². The minimum absolute atomic E-state index is 0.0998. The minimum atomic E-state index is -0.431. The zero-order valence-electron chi connectivity index (χ0n) is 15.9. The molecule has 0 aromatic heterocycles. The summed E-state index contributed by atoms with van der Waals surface area (Å²) in [6, 6.07) is 13.3. The molecule has 0 spiro atoms. The van der Waals surface area contributed by atoms with Crippen LogP contribution in [0.4, 0.5) is 5.69 Å². The molecule has 28 heavy (non-hydrogen) atoms. The van der Waals surface area contributed by atoms with Crippen molar-refractivity contribution in [3.63, 3.8) is 0 Å². The molecule has 2 N–H and O–H groups in total. The second kappa shape index (κ2) is 9.17. The third kappa shape index (κ3) is 4.97. The molecule has 0 radical (unpaired) electrons. The number of amides is 2. The van der Waals surface area contributed by atoms with E-state index in [9.17, 15) is 14.4 Å². The van der Waals surface area contributed by atoms with Gasteiger partial charge >= 0.3 is 5.97 Å². The maximum atomic E-state index is 12.4. The first-order chi connectivity index (χ1) is 13.6. The van der Waals surface area contributed by atoms with Crippen molar-refractivity contribution in [3.05, 3.63) is 65.2 Å². The average Bonchev–Trinajstić information content (AvgIpc) is 2.74. The summed E-state index contributed by atoms with van der Waals surface area (Å²) in [4.78, 5) is 36.2. The molecule has 0 bridgehead atoms. The summed E-state index contributed by atoms with van der Waals surface area (Å²) in [5, 5.41) is 5.83. The molecule has 0 heterocycles. The van der Waals surface area contributed by atoms with Crippen LogP contribution in [0.3, 0.4) is 0 Å². The summed E-state index contributed by atoms with van der Waals surface area (Å²) in [5.74, 6) is -0.817. The van der Waals surface area contributed by atoms with Gasteiger partial charge in [0.15, 0.2) is 0 Å². The molecule has 2 aromatic carbocycles. The molecule has 146 valence electrons. The molecular formula is C22H24N2O4. The van der Waals surface area contributed by atoms with Crippen LogP contribution in [0.25, 0.3) is 0 Å². The Labute approximate surface area is 164 Å². The van der Waals surface area contributed by atoms with Gasteiger partial charge in [-0.2, -0.15) is 0 Å². The summed E-state index contributed by atoms with van der Waals surface area (Å²) in [7, 11) is 1.32. The van der Waals surface area contributed by atoms with Gasteiger partial charge in [-0.1, -0.05) is 19.3 Å². The Hall–Kier alpha value is -3.15. The molecule has 6 heteroatoms. The van der Waals surface area contributed by atoms with Crippen molar-refractivity contribution in [2.75, 3.05) is 12.4 Å². The van der Waals surface area contributed by atoms with Gasteiger partial charge in [-0.05, 0) is 61.4 Å². The van der Waals surface area contributed by atoms with Crippen LogP contribution in [0, 0.1) is 0 Å². The summed E-state index contributed by atoms with van der Waals surface area (Å²) in [5.41, 5.74) is 1.97. The van der Waals surface area contributed by atoms with E-state index in [-0.39, 0.29) is 17.9 Å². The van der Waals surface area contributed by atoms with E-state index in [1.165, 1.54) is 13.5 Å². The third-order valence-corrected chi connectivity index (χ3v) is 4.91. The third-order valence-electron chi connectivity index (χ3n) is 4.91. The Bertz CT molecular complexity index is 838. The first-order valence-electron chi connectivity index (χ1n) is 9.47. The van der Waals surface area contributed by atoms with Crippen molar-refractivity contribution in [3.8, 4) is 0 Å². The molecule has 2 aromatic rings. The predicted molar refractivity (Wildman–Crippen MR) is 107 cm³/mol. The molecule has 1 aliphatic carbocycles. The highest BCUT2D eigenvalue weighted by Gasteiger charge is 2.17. The second-order valence-electron chi connectivity index (χ2n) is 6.91. The van der Waals surface area contributed by atoms with Crippen molar-refractivity contribution in [1.29, 1.82) is 0 Å². The Morgan fingerprint density at radius 2 is 1.32 bits per heavy atom. The molecule has 3 rings (SSSR count). The lowest BCUT2D eigenvalue weighted by Crippen LogP contribution is -2.36. The average molecular weight is 380 g/mol. The van der Waals surface area contributed by atoms with Crippen LogP contribution in [-0.4, -0.2) is 30.9 Å². The fourth-order valence-corrected chi connectivity index (χ4v) is 3.30. The van der Waals surface area contributed by atoms with Gasteiger partial charge in [-0.25, -0.2) is 4.79 Å². The number of esters is 1. The molecule has 1 fully saturated rings. The molecule has 1 saturated carbocycles. The minimum Gasteiger partial charge on any atom is -0.465 e. The van der Waals surface area contributed by atoms with E-state index in [2.05, 4.69) is 15.4 Å². The Balaban J connectivity index is 1.58. The van der Waals surface area contributed by atoms with Crippen molar-refractivity contribution in [1.82, 2.24) is 5.32 Å². The summed E-state index contributed by atoms with van der Waals surface area (Å²) >= 11 is 0. The lowest BCUT2D eigenvalue weighted by Gasteiger charge is -2.22. The van der Waals surface area contributed by atoms with Gasteiger partial charge in [0.05, 0.1) is 12.7 Å². The smallest absolute Gasteiger partial charge is 0.337 e. The van der Waals surface area contributed by atoms with E-state index in [4.69, 9.17) is 0 Å². The molecular weight excluding hydrogens is 356 g/mol. The first kappa shape index (κ1) is 19.6. The Morgan fingerprint density at radius 1 is 0.786 bits per heavy atom. The van der Waals surface area contributed by atoms with Gasteiger partial charge in [0.2, 0.25) is 0 Å². The van der Waals surface area contributed by atoms with E-state index in [0.717, 1.165) is 25.7 Å². The predicted octanol–water partition coefficient (Wildman–Crippen LogP) is 3.79. The van der Waals surface area contributed by atoms with Gasteiger partial charge in [0, 0.05) is 22.9 Å². The fraction of sp³-hybridized carbons (Fsp3) is 0.318. The Kier molecular flexibility index (Phi) is 6.42. The second-order valence-corrected chi connectivity index (χ2v) is 6.91. The standard InChI is InChI=1S/C22H24N2O4/c1-28-22(27)17-11-13-19(14-12-17)24-21(26)16-9-7-15(8-10-16)20(25)23-18-5-3-2-4-6-18/h7-14,18H,2-6H2,1H3,(H,23,25)(H,24,26). The highest BCUT2D eigenvalue weighted by atomic mass is 16.5. The highest BCUT2D eigenvalue weighted by Crippen LogP contribution is 2.18. The summed E-state index contributed by atoms with van der Waals surface area (Å²) in [6.07, 6.45) is 5.61. The number of nitrogens with one attached hydrogen (secondary N) is 2. The summed E-state index contributed by atoms with van der Waals surface area (Å²) in [6.45, 7) is 0. The van der Waals surface area contributed by atoms with E-state index >= 15 is 0 Å². The van der Waals surface area contributed by atoms with E-state index in [0.29, 0.717) is 22.4 Å². The Morgan fingerprint density at radius 3 is 1.89 bits per heavy atom. The van der Waals surface area contributed by atoms with Gasteiger partial charge < -0.3 is 15.4 Å². The number of methoxy groups -OCH3 is 1. The van der Waals surface area contributed by atoms with Crippen LogP contribution in [-0.2, 0) is 4.74 Å². The zero-order valence-corrected chi connectivity index (χ0v) is 15.9. The molecule has 0 saturated heterocycles. The number of carbonyl (C=O) groups is 3. The molecule has 0 aliphatic heterocycles. The van der Waals surface area contributed by atoms with E-state index in [1.54, 1.807) is 48.5 Å². The lowest BCUT2D eigenvalue weighted by molar-refractivity contribution is 0.0600. The number of carbonyl (C=O) groups excluding carboxylic acids is 3. The number of rotatable bonds is 5. The zero-order chi connectivity index (χ0) is 19.9. The number of ether oxygens (including phenoxy) is 1. The first-order valence-corrected chi connectivity index (χ1v) is 9.47. The number of benzene rings is 2. The van der Waals surface area contributed by atoms with Crippen molar-refractivity contribution in [2.45, 2.75) is 38.1 Å². The van der Waals surface area contributed by atoms with E-state index in [1.807, 2.05) is 0 Å². The van der Waals surface area contributed by atoms with Crippen LogP contribution >= 0.6 is 0 Å². The molecule has 1 aliphatic rings. The van der Waals surface area contributed by atoms with Gasteiger partial charge in [-0.15, -0.1) is 0 Å².